The number of thiol groups is 1. The third kappa shape index (κ3) is 4.44. The first kappa shape index (κ1) is 14.6. The summed E-state index contributed by atoms with van der Waals surface area (Å²) < 4.78 is 36.8. The molecule has 4 nitrogen and oxygen atoms in total. The van der Waals surface area contributed by atoms with Gasteiger partial charge in [-0.05, 0) is 6.07 Å². The molecule has 8 heteroatoms. The number of carbonyl (C=O) groups excluding carboxylic acids is 1. The van der Waals surface area contributed by atoms with Gasteiger partial charge < -0.3 is 9.88 Å². The zero-order valence-corrected chi connectivity index (χ0v) is 10.1. The van der Waals surface area contributed by atoms with Gasteiger partial charge in [0.2, 0.25) is 0 Å². The van der Waals surface area contributed by atoms with Crippen molar-refractivity contribution in [3.63, 3.8) is 0 Å². The molecule has 0 atom stereocenters. The van der Waals surface area contributed by atoms with Crippen LogP contribution in [0.15, 0.2) is 23.1 Å². The number of pyridine rings is 1. The van der Waals surface area contributed by atoms with Crippen LogP contribution in [0.2, 0.25) is 0 Å². The molecule has 0 unspecified atom stereocenters. The first-order chi connectivity index (χ1) is 8.33. The second-order valence-corrected chi connectivity index (χ2v) is 3.92. The lowest BCUT2D eigenvalue weighted by Gasteiger charge is -2.09. The lowest BCUT2D eigenvalue weighted by Crippen LogP contribution is -2.30. The molecule has 1 aromatic rings. The van der Waals surface area contributed by atoms with E-state index in [2.05, 4.69) is 17.9 Å². The average molecular weight is 280 g/mol. The van der Waals surface area contributed by atoms with E-state index >= 15 is 0 Å². The number of nitrogens with zero attached hydrogens (tertiary/aromatic N) is 1. The molecule has 1 heterocycles. The van der Waals surface area contributed by atoms with E-state index in [1.54, 1.807) is 0 Å². The Hall–Kier alpha value is -1.44. The Morgan fingerprint density at radius 1 is 1.44 bits per heavy atom. The van der Waals surface area contributed by atoms with E-state index in [9.17, 15) is 22.8 Å². The number of aromatic nitrogens is 1. The van der Waals surface area contributed by atoms with E-state index in [1.807, 2.05) is 0 Å². The van der Waals surface area contributed by atoms with Crippen LogP contribution in [0.1, 0.15) is 10.4 Å². The maximum absolute atomic E-state index is 12.1. The summed E-state index contributed by atoms with van der Waals surface area (Å²) in [5.41, 5.74) is -0.842. The molecule has 0 aromatic carbocycles. The van der Waals surface area contributed by atoms with Crippen LogP contribution in [-0.4, -0.2) is 28.9 Å². The minimum absolute atomic E-state index is 0.0280. The minimum atomic E-state index is -4.47. The highest BCUT2D eigenvalue weighted by molar-refractivity contribution is 7.80. The van der Waals surface area contributed by atoms with Crippen LogP contribution in [-0.2, 0) is 6.54 Å². The fraction of sp³-hybridized carbons (Fsp3) is 0.400. The predicted octanol–water partition coefficient (Wildman–Crippen LogP) is 1.07. The molecular formula is C10H11F3N2O2S. The molecule has 1 rings (SSSR count). The molecular weight excluding hydrogens is 269 g/mol. The number of carbonyl (C=O) groups is 1. The molecule has 0 radical (unpaired) electrons. The van der Waals surface area contributed by atoms with Crippen molar-refractivity contribution < 1.29 is 18.0 Å². The van der Waals surface area contributed by atoms with Gasteiger partial charge in [-0.2, -0.15) is 25.8 Å². The van der Waals surface area contributed by atoms with E-state index in [-0.39, 0.29) is 5.56 Å². The number of hydrogen-bond donors (Lipinski definition) is 2. The summed E-state index contributed by atoms with van der Waals surface area (Å²) in [7, 11) is 0. The van der Waals surface area contributed by atoms with E-state index in [0.717, 1.165) is 12.3 Å². The first-order valence-electron chi connectivity index (χ1n) is 5.00. The lowest BCUT2D eigenvalue weighted by molar-refractivity contribution is -0.141. The fourth-order valence-corrected chi connectivity index (χ4v) is 1.36. The van der Waals surface area contributed by atoms with Crippen molar-refractivity contribution in [2.24, 2.45) is 0 Å². The zero-order chi connectivity index (χ0) is 13.8. The molecule has 1 amide bonds. The maximum atomic E-state index is 12.1. The summed E-state index contributed by atoms with van der Waals surface area (Å²) in [6, 6.07) is 2.04. The molecule has 0 aliphatic carbocycles. The van der Waals surface area contributed by atoms with Crippen LogP contribution in [0.3, 0.4) is 0 Å². The van der Waals surface area contributed by atoms with Gasteiger partial charge in [0.05, 0.1) is 0 Å². The summed E-state index contributed by atoms with van der Waals surface area (Å²) in [4.78, 5) is 22.8. The molecule has 0 spiro atoms. The molecule has 1 aromatic heterocycles. The van der Waals surface area contributed by atoms with Crippen molar-refractivity contribution in [2.45, 2.75) is 12.7 Å². The van der Waals surface area contributed by atoms with Gasteiger partial charge in [-0.15, -0.1) is 0 Å². The standard InChI is InChI=1S/C10H11F3N2O2S/c11-10(12,13)6-15-3-1-7(5-8(15)16)9(17)14-2-4-18/h1,3,5,18H,2,4,6H2,(H,14,17). The van der Waals surface area contributed by atoms with Gasteiger partial charge in [-0.25, -0.2) is 0 Å². The van der Waals surface area contributed by atoms with E-state index in [4.69, 9.17) is 0 Å². The zero-order valence-electron chi connectivity index (χ0n) is 9.20. The first-order valence-corrected chi connectivity index (χ1v) is 5.63. The number of hydrogen-bond acceptors (Lipinski definition) is 3. The molecule has 0 aliphatic rings. The maximum Gasteiger partial charge on any atom is 0.406 e. The van der Waals surface area contributed by atoms with Crippen molar-refractivity contribution in [1.82, 2.24) is 9.88 Å². The largest absolute Gasteiger partial charge is 0.406 e. The van der Waals surface area contributed by atoms with Crippen LogP contribution in [0.4, 0.5) is 13.2 Å². The van der Waals surface area contributed by atoms with Crippen LogP contribution in [0, 0.1) is 0 Å². The van der Waals surface area contributed by atoms with Crippen LogP contribution >= 0.6 is 12.6 Å². The predicted molar refractivity (Wildman–Crippen MR) is 62.9 cm³/mol. The van der Waals surface area contributed by atoms with Crippen molar-refractivity contribution in [1.29, 1.82) is 0 Å². The summed E-state index contributed by atoms with van der Waals surface area (Å²) in [6.45, 7) is -1.06. The Bertz CT molecular complexity index is 485. The number of nitrogens with one attached hydrogen (secondary N) is 1. The molecule has 100 valence electrons. The molecule has 0 bridgehead atoms. The van der Waals surface area contributed by atoms with Gasteiger partial charge in [0.25, 0.3) is 11.5 Å². The van der Waals surface area contributed by atoms with Crippen LogP contribution < -0.4 is 10.9 Å². The second-order valence-electron chi connectivity index (χ2n) is 3.48. The Kier molecular flexibility index (Phi) is 4.83. The average Bonchev–Trinajstić information content (AvgIpc) is 2.27. The molecule has 0 fully saturated rings. The van der Waals surface area contributed by atoms with Crippen LogP contribution in [0.5, 0.6) is 0 Å². The van der Waals surface area contributed by atoms with Crippen LogP contribution in [0.25, 0.3) is 0 Å². The smallest absolute Gasteiger partial charge is 0.351 e. The van der Waals surface area contributed by atoms with E-state index in [0.29, 0.717) is 16.9 Å². The summed E-state index contributed by atoms with van der Waals surface area (Å²) in [6.07, 6.45) is -3.52. The number of halogens is 3. The summed E-state index contributed by atoms with van der Waals surface area (Å²) in [5.74, 6) is -0.0861. The van der Waals surface area contributed by atoms with Gasteiger partial charge in [0, 0.05) is 30.1 Å². The molecule has 0 saturated heterocycles. The Morgan fingerprint density at radius 3 is 2.61 bits per heavy atom. The fourth-order valence-electron chi connectivity index (χ4n) is 1.24. The second kappa shape index (κ2) is 5.94. The van der Waals surface area contributed by atoms with Gasteiger partial charge in [0.1, 0.15) is 6.54 Å². The van der Waals surface area contributed by atoms with Gasteiger partial charge >= 0.3 is 6.18 Å². The Balaban J connectivity index is 2.86. The van der Waals surface area contributed by atoms with Gasteiger partial charge in [0.15, 0.2) is 0 Å². The lowest BCUT2D eigenvalue weighted by atomic mass is 10.2. The molecule has 0 aliphatic heterocycles. The van der Waals surface area contributed by atoms with Gasteiger partial charge in [-0.1, -0.05) is 0 Å². The highest BCUT2D eigenvalue weighted by Crippen LogP contribution is 2.16. The van der Waals surface area contributed by atoms with E-state index in [1.165, 1.54) is 6.07 Å². The van der Waals surface area contributed by atoms with E-state index < -0.39 is 24.2 Å². The van der Waals surface area contributed by atoms with Crippen molar-refractivity contribution in [3.8, 4) is 0 Å². The monoisotopic (exact) mass is 280 g/mol. The summed E-state index contributed by atoms with van der Waals surface area (Å²) in [5, 5.41) is 2.46. The molecule has 18 heavy (non-hydrogen) atoms. The third-order valence-corrected chi connectivity index (χ3v) is 2.23. The third-order valence-electron chi connectivity index (χ3n) is 2.01. The quantitative estimate of drug-likeness (QED) is 0.811. The minimum Gasteiger partial charge on any atom is -0.351 e. The Labute approximate surface area is 106 Å². The SMILES string of the molecule is O=C(NCCS)c1ccn(CC(F)(F)F)c(=O)c1. The normalized spacial score (nSPS) is 11.3. The topological polar surface area (TPSA) is 51.1 Å². The van der Waals surface area contributed by atoms with Crippen molar-refractivity contribution in [2.75, 3.05) is 12.3 Å². The number of amides is 1. The number of alkyl halides is 3. The van der Waals surface area contributed by atoms with Crippen molar-refractivity contribution >= 4 is 18.5 Å². The highest BCUT2D eigenvalue weighted by Gasteiger charge is 2.28. The van der Waals surface area contributed by atoms with Gasteiger partial charge in [-0.3, -0.25) is 9.59 Å². The number of rotatable bonds is 4. The molecule has 0 saturated carbocycles. The van der Waals surface area contributed by atoms with Crippen molar-refractivity contribution in [3.05, 3.63) is 34.2 Å². The Morgan fingerprint density at radius 2 is 2.11 bits per heavy atom. The highest BCUT2D eigenvalue weighted by atomic mass is 32.1. The molecule has 1 N–H and O–H groups in total. The summed E-state index contributed by atoms with van der Waals surface area (Å²) >= 11 is 3.89.